The predicted molar refractivity (Wildman–Crippen MR) is 76.6 cm³/mol. The van der Waals surface area contributed by atoms with Gasteiger partial charge in [0.25, 0.3) is 0 Å². The lowest BCUT2D eigenvalue weighted by atomic mass is 10.1. The minimum Gasteiger partial charge on any atom is -0.479 e. The Morgan fingerprint density at radius 1 is 1.25 bits per heavy atom. The van der Waals surface area contributed by atoms with Crippen LogP contribution in [0.25, 0.3) is 0 Å². The molecule has 1 atom stereocenters. The first-order valence-electron chi connectivity index (χ1n) is 5.86. The van der Waals surface area contributed by atoms with E-state index >= 15 is 0 Å². The van der Waals surface area contributed by atoms with Gasteiger partial charge < -0.3 is 10.4 Å². The van der Waals surface area contributed by atoms with Crippen molar-refractivity contribution in [3.05, 3.63) is 64.7 Å². The minimum atomic E-state index is -1.00. The Morgan fingerprint density at radius 2 is 1.95 bits per heavy atom. The van der Waals surface area contributed by atoms with E-state index in [1.54, 1.807) is 36.4 Å². The molecule has 5 heteroatoms. The number of hydrogen-bond acceptors (Lipinski definition) is 3. The molecule has 1 unspecified atom stereocenters. The Bertz CT molecular complexity index is 665. The van der Waals surface area contributed by atoms with Gasteiger partial charge in [-0.15, -0.1) is 0 Å². The van der Waals surface area contributed by atoms with Gasteiger partial charge in [-0.05, 0) is 23.8 Å². The maximum Gasteiger partial charge on any atom is 0.330 e. The Hall–Kier alpha value is -2.51. The van der Waals surface area contributed by atoms with E-state index in [1.165, 1.54) is 6.07 Å². The van der Waals surface area contributed by atoms with Crippen molar-refractivity contribution in [3.8, 4) is 6.07 Å². The van der Waals surface area contributed by atoms with E-state index in [0.717, 1.165) is 0 Å². The maximum absolute atomic E-state index is 11.4. The fourth-order valence-corrected chi connectivity index (χ4v) is 2.03. The van der Waals surface area contributed by atoms with Crippen LogP contribution in [0.3, 0.4) is 0 Å². The molecule has 2 aromatic rings. The molecular formula is C15H11ClN2O2. The molecule has 2 rings (SSSR count). The zero-order chi connectivity index (χ0) is 14.5. The Balaban J connectivity index is 2.30. The van der Waals surface area contributed by atoms with E-state index in [-0.39, 0.29) is 0 Å². The summed E-state index contributed by atoms with van der Waals surface area (Å²) >= 11 is 6.04. The van der Waals surface area contributed by atoms with Crippen LogP contribution in [0, 0.1) is 11.3 Å². The zero-order valence-corrected chi connectivity index (χ0v) is 11.1. The molecule has 2 N–H and O–H groups in total. The van der Waals surface area contributed by atoms with Gasteiger partial charge >= 0.3 is 5.97 Å². The monoisotopic (exact) mass is 286 g/mol. The van der Waals surface area contributed by atoms with Crippen molar-refractivity contribution < 1.29 is 9.90 Å². The van der Waals surface area contributed by atoms with E-state index in [1.807, 2.05) is 12.1 Å². The smallest absolute Gasteiger partial charge is 0.330 e. The highest BCUT2D eigenvalue weighted by Gasteiger charge is 2.20. The van der Waals surface area contributed by atoms with Gasteiger partial charge in [-0.2, -0.15) is 5.26 Å². The Morgan fingerprint density at radius 3 is 2.50 bits per heavy atom. The summed E-state index contributed by atoms with van der Waals surface area (Å²) in [5.41, 5.74) is 1.52. The number of hydrogen-bond donors (Lipinski definition) is 2. The number of nitrogens with zero attached hydrogens (tertiary/aromatic N) is 1. The average Bonchev–Trinajstić information content (AvgIpc) is 2.46. The van der Waals surface area contributed by atoms with Gasteiger partial charge in [-0.3, -0.25) is 0 Å². The number of aliphatic carboxylic acids is 1. The minimum absolute atomic E-state index is 0.311. The van der Waals surface area contributed by atoms with E-state index in [4.69, 9.17) is 16.9 Å². The second-order valence-electron chi connectivity index (χ2n) is 4.13. The van der Waals surface area contributed by atoms with Crippen molar-refractivity contribution >= 4 is 23.3 Å². The van der Waals surface area contributed by atoms with Gasteiger partial charge in [0.2, 0.25) is 0 Å². The second kappa shape index (κ2) is 6.09. The van der Waals surface area contributed by atoms with Crippen molar-refractivity contribution in [1.82, 2.24) is 0 Å². The number of nitrogens with one attached hydrogen (secondary N) is 1. The molecule has 0 saturated heterocycles. The first kappa shape index (κ1) is 13.9. The molecular weight excluding hydrogens is 276 g/mol. The van der Waals surface area contributed by atoms with Crippen molar-refractivity contribution in [2.45, 2.75) is 6.04 Å². The van der Waals surface area contributed by atoms with Crippen LogP contribution in [-0.2, 0) is 4.79 Å². The molecule has 0 amide bonds. The fourth-order valence-electron chi connectivity index (χ4n) is 1.79. The van der Waals surface area contributed by atoms with Gasteiger partial charge in [0, 0.05) is 0 Å². The van der Waals surface area contributed by atoms with E-state index in [2.05, 4.69) is 5.32 Å². The molecule has 4 nitrogen and oxygen atoms in total. The van der Waals surface area contributed by atoms with E-state index in [0.29, 0.717) is 21.8 Å². The molecule has 2 aromatic carbocycles. The van der Waals surface area contributed by atoms with Gasteiger partial charge in [0.05, 0.1) is 22.3 Å². The van der Waals surface area contributed by atoms with Crippen LogP contribution >= 0.6 is 11.6 Å². The number of halogens is 1. The number of carbonyl (C=O) groups is 1. The number of rotatable bonds is 4. The summed E-state index contributed by atoms with van der Waals surface area (Å²) in [6.07, 6.45) is 0. The van der Waals surface area contributed by atoms with Crippen LogP contribution in [0.1, 0.15) is 17.2 Å². The molecule has 0 spiro atoms. The third-order valence-corrected chi connectivity index (χ3v) is 3.09. The van der Waals surface area contributed by atoms with Gasteiger partial charge in [0.15, 0.2) is 6.04 Å². The maximum atomic E-state index is 11.4. The van der Waals surface area contributed by atoms with Gasteiger partial charge in [-0.25, -0.2) is 4.79 Å². The lowest BCUT2D eigenvalue weighted by molar-refractivity contribution is -0.138. The van der Waals surface area contributed by atoms with Crippen LogP contribution < -0.4 is 5.32 Å². The quantitative estimate of drug-likeness (QED) is 0.903. The molecule has 0 aliphatic rings. The van der Waals surface area contributed by atoms with Crippen LogP contribution in [0.2, 0.25) is 5.02 Å². The highest BCUT2D eigenvalue weighted by Crippen LogP contribution is 2.27. The third-order valence-electron chi connectivity index (χ3n) is 2.78. The van der Waals surface area contributed by atoms with Crippen LogP contribution in [0.15, 0.2) is 48.5 Å². The van der Waals surface area contributed by atoms with E-state index in [9.17, 15) is 9.90 Å². The second-order valence-corrected chi connectivity index (χ2v) is 4.54. The highest BCUT2D eigenvalue weighted by molar-refractivity contribution is 6.33. The SMILES string of the molecule is N#Cc1ccc(NC(C(=O)O)c2ccccc2)c(Cl)c1. The summed E-state index contributed by atoms with van der Waals surface area (Å²) < 4.78 is 0. The summed E-state index contributed by atoms with van der Waals surface area (Å²) in [6, 6.07) is 14.6. The van der Waals surface area contributed by atoms with Crippen molar-refractivity contribution in [3.63, 3.8) is 0 Å². The van der Waals surface area contributed by atoms with Crippen molar-refractivity contribution in [2.24, 2.45) is 0 Å². The summed E-state index contributed by atoms with van der Waals surface area (Å²) in [5.74, 6) is -1.00. The molecule has 0 saturated carbocycles. The van der Waals surface area contributed by atoms with Gasteiger partial charge in [0.1, 0.15) is 0 Å². The van der Waals surface area contributed by atoms with Crippen LogP contribution in [-0.4, -0.2) is 11.1 Å². The van der Waals surface area contributed by atoms with Crippen molar-refractivity contribution in [1.29, 1.82) is 5.26 Å². The number of anilines is 1. The molecule has 0 aliphatic heterocycles. The Labute approximate surface area is 121 Å². The van der Waals surface area contributed by atoms with Crippen LogP contribution in [0.5, 0.6) is 0 Å². The Kier molecular flexibility index (Phi) is 4.24. The molecule has 0 bridgehead atoms. The van der Waals surface area contributed by atoms with Gasteiger partial charge in [-0.1, -0.05) is 41.9 Å². The predicted octanol–water partition coefficient (Wildman–Crippen LogP) is 3.45. The summed E-state index contributed by atoms with van der Waals surface area (Å²) in [6.45, 7) is 0. The lowest BCUT2D eigenvalue weighted by Gasteiger charge is -2.17. The molecule has 0 aliphatic carbocycles. The number of benzene rings is 2. The van der Waals surface area contributed by atoms with Crippen molar-refractivity contribution in [2.75, 3.05) is 5.32 Å². The molecule has 20 heavy (non-hydrogen) atoms. The third kappa shape index (κ3) is 3.08. The summed E-state index contributed by atoms with van der Waals surface area (Å²) in [4.78, 5) is 11.4. The molecule has 0 fully saturated rings. The van der Waals surface area contributed by atoms with Crippen LogP contribution in [0.4, 0.5) is 5.69 Å². The lowest BCUT2D eigenvalue weighted by Crippen LogP contribution is -2.20. The first-order chi connectivity index (χ1) is 9.61. The highest BCUT2D eigenvalue weighted by atomic mass is 35.5. The molecule has 0 aromatic heterocycles. The number of nitriles is 1. The molecule has 0 radical (unpaired) electrons. The average molecular weight is 287 g/mol. The first-order valence-corrected chi connectivity index (χ1v) is 6.23. The normalized spacial score (nSPS) is 11.4. The molecule has 0 heterocycles. The fraction of sp³-hybridized carbons (Fsp3) is 0.0667. The zero-order valence-electron chi connectivity index (χ0n) is 10.4. The summed E-state index contributed by atoms with van der Waals surface area (Å²) in [5, 5.41) is 21.3. The standard InChI is InChI=1S/C15H11ClN2O2/c16-12-8-10(9-17)6-7-13(12)18-14(15(19)20)11-4-2-1-3-5-11/h1-8,14,18H,(H,19,20). The number of carboxylic acid groups (broad SMARTS) is 1. The largest absolute Gasteiger partial charge is 0.479 e. The van der Waals surface area contributed by atoms with E-state index < -0.39 is 12.0 Å². The topological polar surface area (TPSA) is 73.1 Å². The summed E-state index contributed by atoms with van der Waals surface area (Å²) in [7, 11) is 0. The molecule has 100 valence electrons. The number of carboxylic acids is 1.